The number of nitrogens with two attached hydrogens (primary N) is 1. The molecule has 4 N–H and O–H groups in total. The second kappa shape index (κ2) is 5.88. The minimum atomic E-state index is -0.0773. The fourth-order valence-electron chi connectivity index (χ4n) is 1.98. The van der Waals surface area contributed by atoms with Crippen LogP contribution in [0, 0.1) is 0 Å². The number of aromatic nitrogens is 4. The number of aromatic amines is 1. The largest absolute Gasteiger partial charge is 0.374 e. The molecule has 0 aliphatic rings. The minimum Gasteiger partial charge on any atom is -0.374 e. The lowest BCUT2D eigenvalue weighted by atomic mass is 10.3. The van der Waals surface area contributed by atoms with Crippen LogP contribution in [0.25, 0.3) is 11.0 Å². The van der Waals surface area contributed by atoms with Crippen LogP contribution >= 0.6 is 11.3 Å². The van der Waals surface area contributed by atoms with E-state index in [9.17, 15) is 4.79 Å². The van der Waals surface area contributed by atoms with Gasteiger partial charge >= 0.3 is 0 Å². The quantitative estimate of drug-likeness (QED) is 0.648. The monoisotopic (exact) mass is 302 g/mol. The van der Waals surface area contributed by atoms with Crippen LogP contribution in [0.15, 0.2) is 24.3 Å². The summed E-state index contributed by atoms with van der Waals surface area (Å²) >= 11 is 1.33. The normalized spacial score (nSPS) is 10.9. The van der Waals surface area contributed by atoms with Crippen molar-refractivity contribution in [1.29, 1.82) is 0 Å². The number of carbonyl (C=O) groups excluding carboxylic acids is 1. The van der Waals surface area contributed by atoms with Crippen molar-refractivity contribution in [2.75, 3.05) is 12.3 Å². The number of imidazole rings is 1. The predicted octanol–water partition coefficient (Wildman–Crippen LogP) is 0.898. The van der Waals surface area contributed by atoms with E-state index in [0.717, 1.165) is 16.0 Å². The van der Waals surface area contributed by atoms with Crippen molar-refractivity contribution in [3.63, 3.8) is 0 Å². The minimum absolute atomic E-state index is 0.0773. The lowest BCUT2D eigenvalue weighted by Gasteiger charge is -2.01. The lowest BCUT2D eigenvalue weighted by Crippen LogP contribution is -2.27. The molecular formula is C13H14N6OS. The molecule has 1 amide bonds. The van der Waals surface area contributed by atoms with E-state index in [1.54, 1.807) is 0 Å². The van der Waals surface area contributed by atoms with Crippen LogP contribution in [0.4, 0.5) is 5.13 Å². The van der Waals surface area contributed by atoms with Gasteiger partial charge < -0.3 is 16.0 Å². The molecule has 8 heteroatoms. The first-order valence-electron chi connectivity index (χ1n) is 6.49. The maximum Gasteiger partial charge on any atom is 0.227 e. The SMILES string of the molecule is Nc1nnc(CCNC(=O)Cc2nc3ccccc3[nH]2)s1. The van der Waals surface area contributed by atoms with Crippen LogP contribution < -0.4 is 11.1 Å². The summed E-state index contributed by atoms with van der Waals surface area (Å²) < 4.78 is 0. The predicted molar refractivity (Wildman–Crippen MR) is 80.8 cm³/mol. The Morgan fingerprint density at radius 1 is 1.33 bits per heavy atom. The summed E-state index contributed by atoms with van der Waals surface area (Å²) in [6.07, 6.45) is 0.855. The number of benzene rings is 1. The lowest BCUT2D eigenvalue weighted by molar-refractivity contribution is -0.120. The highest BCUT2D eigenvalue weighted by Gasteiger charge is 2.08. The van der Waals surface area contributed by atoms with E-state index in [4.69, 9.17) is 5.73 Å². The van der Waals surface area contributed by atoms with E-state index in [1.165, 1.54) is 11.3 Å². The third-order valence-electron chi connectivity index (χ3n) is 2.91. The number of fused-ring (bicyclic) bond motifs is 1. The van der Waals surface area contributed by atoms with Crippen LogP contribution in [-0.4, -0.2) is 32.6 Å². The molecule has 1 aromatic carbocycles. The molecule has 21 heavy (non-hydrogen) atoms. The van der Waals surface area contributed by atoms with Crippen molar-refractivity contribution in [3.05, 3.63) is 35.1 Å². The molecule has 3 rings (SSSR count). The van der Waals surface area contributed by atoms with Gasteiger partial charge in [0.05, 0.1) is 17.5 Å². The number of H-pyrrole nitrogens is 1. The van der Waals surface area contributed by atoms with Crippen molar-refractivity contribution >= 4 is 33.4 Å². The second-order valence-electron chi connectivity index (χ2n) is 4.51. The molecule has 0 aliphatic heterocycles. The summed E-state index contributed by atoms with van der Waals surface area (Å²) in [6.45, 7) is 0.508. The maximum absolute atomic E-state index is 11.9. The smallest absolute Gasteiger partial charge is 0.227 e. The number of rotatable bonds is 5. The number of nitrogens with one attached hydrogen (secondary N) is 2. The van der Waals surface area contributed by atoms with Crippen LogP contribution in [0.5, 0.6) is 0 Å². The Kier molecular flexibility index (Phi) is 3.78. The topological polar surface area (TPSA) is 110 Å². The Bertz CT molecular complexity index is 732. The maximum atomic E-state index is 11.9. The van der Waals surface area contributed by atoms with Gasteiger partial charge in [-0.05, 0) is 12.1 Å². The molecule has 0 fully saturated rings. The molecule has 2 aromatic heterocycles. The Labute approximate surface area is 124 Å². The highest BCUT2D eigenvalue weighted by Crippen LogP contribution is 2.11. The van der Waals surface area contributed by atoms with Crippen molar-refractivity contribution in [3.8, 4) is 0 Å². The number of hydrogen-bond acceptors (Lipinski definition) is 6. The molecule has 0 bridgehead atoms. The third-order valence-corrected chi connectivity index (χ3v) is 3.72. The van der Waals surface area contributed by atoms with Gasteiger partial charge in [0.15, 0.2) is 0 Å². The molecule has 2 heterocycles. The van der Waals surface area contributed by atoms with E-state index in [2.05, 4.69) is 25.5 Å². The van der Waals surface area contributed by atoms with E-state index in [-0.39, 0.29) is 12.3 Å². The first-order valence-corrected chi connectivity index (χ1v) is 7.30. The zero-order valence-electron chi connectivity index (χ0n) is 11.2. The number of nitrogen functional groups attached to an aromatic ring is 1. The Morgan fingerprint density at radius 3 is 2.95 bits per heavy atom. The van der Waals surface area contributed by atoms with Gasteiger partial charge in [0.25, 0.3) is 0 Å². The van der Waals surface area contributed by atoms with Gasteiger partial charge in [0, 0.05) is 13.0 Å². The van der Waals surface area contributed by atoms with Crippen LogP contribution in [-0.2, 0) is 17.6 Å². The zero-order chi connectivity index (χ0) is 14.7. The van der Waals surface area contributed by atoms with Gasteiger partial charge in [0.1, 0.15) is 10.8 Å². The van der Waals surface area contributed by atoms with E-state index >= 15 is 0 Å². The van der Waals surface area contributed by atoms with Gasteiger partial charge in [-0.3, -0.25) is 4.79 Å². The molecule has 0 saturated heterocycles. The molecule has 3 aromatic rings. The molecule has 0 atom stereocenters. The van der Waals surface area contributed by atoms with Gasteiger partial charge in [0.2, 0.25) is 11.0 Å². The standard InChI is InChI=1S/C13H14N6OS/c14-13-19-18-12(21-13)5-6-15-11(20)7-10-16-8-3-1-2-4-9(8)17-10/h1-4H,5-7H2,(H2,14,19)(H,15,20)(H,16,17). The van der Waals surface area contributed by atoms with Gasteiger partial charge in [-0.25, -0.2) is 4.98 Å². The molecule has 0 radical (unpaired) electrons. The van der Waals surface area contributed by atoms with Crippen LogP contribution in [0.2, 0.25) is 0 Å². The molecule has 0 spiro atoms. The Hall–Kier alpha value is -2.48. The average Bonchev–Trinajstić information content (AvgIpc) is 3.04. The first-order chi connectivity index (χ1) is 10.2. The van der Waals surface area contributed by atoms with E-state index in [0.29, 0.717) is 23.9 Å². The summed E-state index contributed by atoms with van der Waals surface area (Å²) in [5.74, 6) is 0.584. The summed E-state index contributed by atoms with van der Waals surface area (Å²) in [5, 5.41) is 11.7. The summed E-state index contributed by atoms with van der Waals surface area (Å²) in [5.41, 5.74) is 7.29. The molecule has 108 valence electrons. The van der Waals surface area contributed by atoms with E-state index in [1.807, 2.05) is 24.3 Å². The molecule has 7 nitrogen and oxygen atoms in total. The van der Waals surface area contributed by atoms with Crippen molar-refractivity contribution in [1.82, 2.24) is 25.5 Å². The molecule has 0 saturated carbocycles. The third kappa shape index (κ3) is 3.34. The Morgan fingerprint density at radius 2 is 2.19 bits per heavy atom. The fourth-order valence-corrected chi connectivity index (χ4v) is 2.59. The van der Waals surface area contributed by atoms with Crippen molar-refractivity contribution < 1.29 is 4.79 Å². The van der Waals surface area contributed by atoms with Crippen LogP contribution in [0.1, 0.15) is 10.8 Å². The van der Waals surface area contributed by atoms with Gasteiger partial charge in [-0.1, -0.05) is 23.5 Å². The number of nitrogens with zero attached hydrogens (tertiary/aromatic N) is 3. The average molecular weight is 302 g/mol. The Balaban J connectivity index is 1.51. The van der Waals surface area contributed by atoms with E-state index < -0.39 is 0 Å². The summed E-state index contributed by atoms with van der Waals surface area (Å²) in [7, 11) is 0. The number of amides is 1. The zero-order valence-corrected chi connectivity index (χ0v) is 12.0. The highest BCUT2D eigenvalue weighted by atomic mass is 32.1. The number of anilines is 1. The fraction of sp³-hybridized carbons (Fsp3) is 0.231. The number of carbonyl (C=O) groups is 1. The highest BCUT2D eigenvalue weighted by molar-refractivity contribution is 7.15. The summed E-state index contributed by atoms with van der Waals surface area (Å²) in [6, 6.07) is 7.69. The molecule has 0 aliphatic carbocycles. The summed E-state index contributed by atoms with van der Waals surface area (Å²) in [4.78, 5) is 19.4. The van der Waals surface area contributed by atoms with Crippen LogP contribution in [0.3, 0.4) is 0 Å². The number of para-hydroxylation sites is 2. The second-order valence-corrected chi connectivity index (χ2v) is 5.61. The number of hydrogen-bond donors (Lipinski definition) is 3. The van der Waals surface area contributed by atoms with Gasteiger partial charge in [-0.15, -0.1) is 10.2 Å². The van der Waals surface area contributed by atoms with Crippen molar-refractivity contribution in [2.24, 2.45) is 0 Å². The molecule has 0 unspecified atom stereocenters. The molecular weight excluding hydrogens is 288 g/mol. The van der Waals surface area contributed by atoms with Crippen molar-refractivity contribution in [2.45, 2.75) is 12.8 Å². The first kappa shape index (κ1) is 13.5. The van der Waals surface area contributed by atoms with Gasteiger partial charge in [-0.2, -0.15) is 0 Å².